The molecule has 1 aliphatic carbocycles. The number of nitrogens with zero attached hydrogens (tertiary/aromatic N) is 1. The standard InChI is InChI=1S/C14H26N2O3/c1-14(2,7-8-15)6-5-12(17)16(10-13(18)19)9-11-3-4-11/h11H,3-10,15H2,1-2H3,(H,18,19). The number of hydrogen-bond acceptors (Lipinski definition) is 3. The summed E-state index contributed by atoms with van der Waals surface area (Å²) >= 11 is 0. The van der Waals surface area contributed by atoms with Crippen LogP contribution in [0, 0.1) is 11.3 Å². The highest BCUT2D eigenvalue weighted by molar-refractivity contribution is 5.81. The molecule has 0 unspecified atom stereocenters. The quantitative estimate of drug-likeness (QED) is 0.664. The average Bonchev–Trinajstić information content (AvgIpc) is 3.08. The van der Waals surface area contributed by atoms with Crippen LogP contribution in [-0.4, -0.2) is 41.5 Å². The summed E-state index contributed by atoms with van der Waals surface area (Å²) in [5.74, 6) is -0.463. The molecule has 0 bridgehead atoms. The first-order valence-corrected chi connectivity index (χ1v) is 7.04. The van der Waals surface area contributed by atoms with Crippen molar-refractivity contribution >= 4 is 11.9 Å². The van der Waals surface area contributed by atoms with Crippen LogP contribution in [0.5, 0.6) is 0 Å². The third-order valence-electron chi connectivity index (χ3n) is 3.69. The zero-order chi connectivity index (χ0) is 14.5. The molecular weight excluding hydrogens is 244 g/mol. The monoisotopic (exact) mass is 270 g/mol. The van der Waals surface area contributed by atoms with Gasteiger partial charge in [-0.3, -0.25) is 9.59 Å². The molecule has 1 rings (SSSR count). The van der Waals surface area contributed by atoms with Crippen molar-refractivity contribution in [3.05, 3.63) is 0 Å². The molecule has 0 saturated heterocycles. The van der Waals surface area contributed by atoms with Crippen molar-refractivity contribution in [2.45, 2.75) is 46.0 Å². The van der Waals surface area contributed by atoms with Crippen molar-refractivity contribution in [3.63, 3.8) is 0 Å². The first-order valence-electron chi connectivity index (χ1n) is 7.04. The van der Waals surface area contributed by atoms with Crippen LogP contribution in [0.4, 0.5) is 0 Å². The number of carboxylic acids is 1. The Hall–Kier alpha value is -1.10. The predicted octanol–water partition coefficient (Wildman–Crippen LogP) is 1.46. The molecule has 0 radical (unpaired) electrons. The summed E-state index contributed by atoms with van der Waals surface area (Å²) in [6.07, 6.45) is 4.27. The van der Waals surface area contributed by atoms with Gasteiger partial charge in [0.05, 0.1) is 0 Å². The van der Waals surface area contributed by atoms with Crippen molar-refractivity contribution < 1.29 is 14.7 Å². The van der Waals surface area contributed by atoms with Gasteiger partial charge in [-0.15, -0.1) is 0 Å². The number of rotatable bonds is 9. The second-order valence-electron chi connectivity index (χ2n) is 6.31. The first kappa shape index (κ1) is 16.0. The van der Waals surface area contributed by atoms with Gasteiger partial charge in [0.2, 0.25) is 5.91 Å². The Labute approximate surface area is 115 Å². The van der Waals surface area contributed by atoms with E-state index in [0.29, 0.717) is 25.4 Å². The largest absolute Gasteiger partial charge is 0.480 e. The lowest BCUT2D eigenvalue weighted by atomic mass is 9.84. The van der Waals surface area contributed by atoms with Crippen LogP contribution in [-0.2, 0) is 9.59 Å². The summed E-state index contributed by atoms with van der Waals surface area (Å²) in [6, 6.07) is 0. The summed E-state index contributed by atoms with van der Waals surface area (Å²) in [5, 5.41) is 8.87. The molecule has 0 aliphatic heterocycles. The van der Waals surface area contributed by atoms with Crippen molar-refractivity contribution in [2.75, 3.05) is 19.6 Å². The summed E-state index contributed by atoms with van der Waals surface area (Å²) in [5.41, 5.74) is 5.59. The summed E-state index contributed by atoms with van der Waals surface area (Å²) in [6.45, 7) is 5.22. The number of nitrogens with two attached hydrogens (primary N) is 1. The Bertz CT molecular complexity index is 325. The van der Waals surface area contributed by atoms with E-state index in [4.69, 9.17) is 10.8 Å². The van der Waals surface area contributed by atoms with Crippen molar-refractivity contribution in [2.24, 2.45) is 17.1 Å². The molecule has 110 valence electrons. The zero-order valence-electron chi connectivity index (χ0n) is 12.0. The fourth-order valence-electron chi connectivity index (χ4n) is 2.15. The van der Waals surface area contributed by atoms with Crippen LogP contribution < -0.4 is 5.73 Å². The summed E-state index contributed by atoms with van der Waals surface area (Å²) in [4.78, 5) is 24.4. The van der Waals surface area contributed by atoms with Gasteiger partial charge in [-0.25, -0.2) is 0 Å². The minimum atomic E-state index is -0.935. The Morgan fingerprint density at radius 2 is 1.95 bits per heavy atom. The number of carbonyl (C=O) groups excluding carboxylic acids is 1. The average molecular weight is 270 g/mol. The van der Waals surface area contributed by atoms with Crippen molar-refractivity contribution in [3.8, 4) is 0 Å². The molecule has 5 nitrogen and oxygen atoms in total. The number of aliphatic carboxylic acids is 1. The van der Waals surface area contributed by atoms with Gasteiger partial charge >= 0.3 is 5.97 Å². The Morgan fingerprint density at radius 1 is 1.32 bits per heavy atom. The van der Waals surface area contributed by atoms with E-state index in [0.717, 1.165) is 25.7 Å². The normalized spacial score (nSPS) is 15.3. The SMILES string of the molecule is CC(C)(CCN)CCC(=O)N(CC(=O)O)CC1CC1. The van der Waals surface area contributed by atoms with Gasteiger partial charge in [-0.1, -0.05) is 13.8 Å². The van der Waals surface area contributed by atoms with Crippen molar-refractivity contribution in [1.82, 2.24) is 4.90 Å². The van der Waals surface area contributed by atoms with Gasteiger partial charge in [0.25, 0.3) is 0 Å². The Balaban J connectivity index is 2.43. The maximum absolute atomic E-state index is 12.1. The zero-order valence-corrected chi connectivity index (χ0v) is 12.0. The topological polar surface area (TPSA) is 83.6 Å². The third-order valence-corrected chi connectivity index (χ3v) is 3.69. The van der Waals surface area contributed by atoms with E-state index in [-0.39, 0.29) is 17.9 Å². The number of carboxylic acid groups (broad SMARTS) is 1. The van der Waals surface area contributed by atoms with Gasteiger partial charge in [-0.2, -0.15) is 0 Å². The maximum atomic E-state index is 12.1. The van der Waals surface area contributed by atoms with E-state index in [9.17, 15) is 9.59 Å². The molecule has 1 aliphatic rings. The molecule has 3 N–H and O–H groups in total. The molecule has 0 aromatic rings. The summed E-state index contributed by atoms with van der Waals surface area (Å²) in [7, 11) is 0. The van der Waals surface area contributed by atoms with E-state index in [1.54, 1.807) is 0 Å². The molecule has 0 aromatic carbocycles. The molecule has 1 saturated carbocycles. The summed E-state index contributed by atoms with van der Waals surface area (Å²) < 4.78 is 0. The van der Waals surface area contributed by atoms with E-state index in [1.165, 1.54) is 4.90 Å². The highest BCUT2D eigenvalue weighted by atomic mass is 16.4. The second kappa shape index (κ2) is 6.89. The Morgan fingerprint density at radius 3 is 2.42 bits per heavy atom. The molecule has 19 heavy (non-hydrogen) atoms. The first-order chi connectivity index (χ1) is 8.84. The van der Waals surface area contributed by atoms with Crippen LogP contribution in [0.25, 0.3) is 0 Å². The fourth-order valence-corrected chi connectivity index (χ4v) is 2.15. The van der Waals surface area contributed by atoms with E-state index < -0.39 is 5.97 Å². The van der Waals surface area contributed by atoms with E-state index >= 15 is 0 Å². The maximum Gasteiger partial charge on any atom is 0.323 e. The number of hydrogen-bond donors (Lipinski definition) is 2. The minimum absolute atomic E-state index is 0.0406. The molecule has 0 heterocycles. The lowest BCUT2D eigenvalue weighted by Gasteiger charge is -2.26. The molecular formula is C14H26N2O3. The molecule has 5 heteroatoms. The van der Waals surface area contributed by atoms with Crippen LogP contribution >= 0.6 is 0 Å². The third kappa shape index (κ3) is 6.57. The molecule has 0 aromatic heterocycles. The van der Waals surface area contributed by atoms with Gasteiger partial charge in [0.1, 0.15) is 6.54 Å². The molecule has 1 fully saturated rings. The van der Waals surface area contributed by atoms with E-state index in [2.05, 4.69) is 13.8 Å². The number of carbonyl (C=O) groups is 2. The van der Waals surface area contributed by atoms with Gasteiger partial charge in [0, 0.05) is 13.0 Å². The lowest BCUT2D eigenvalue weighted by molar-refractivity contribution is -0.144. The van der Waals surface area contributed by atoms with Gasteiger partial charge < -0.3 is 15.7 Å². The van der Waals surface area contributed by atoms with Crippen molar-refractivity contribution in [1.29, 1.82) is 0 Å². The fraction of sp³-hybridized carbons (Fsp3) is 0.857. The number of amides is 1. The van der Waals surface area contributed by atoms with Crippen LogP contribution in [0.15, 0.2) is 0 Å². The lowest BCUT2D eigenvalue weighted by Crippen LogP contribution is -2.37. The predicted molar refractivity (Wildman–Crippen MR) is 73.6 cm³/mol. The second-order valence-corrected chi connectivity index (χ2v) is 6.31. The highest BCUT2D eigenvalue weighted by Crippen LogP contribution is 2.31. The highest BCUT2D eigenvalue weighted by Gasteiger charge is 2.28. The molecule has 0 spiro atoms. The van der Waals surface area contributed by atoms with E-state index in [1.807, 2.05) is 0 Å². The minimum Gasteiger partial charge on any atom is -0.480 e. The Kier molecular flexibility index (Phi) is 5.79. The molecule has 0 atom stereocenters. The van der Waals surface area contributed by atoms with Crippen LogP contribution in [0.3, 0.4) is 0 Å². The van der Waals surface area contributed by atoms with Crippen LogP contribution in [0.1, 0.15) is 46.0 Å². The molecule has 1 amide bonds. The van der Waals surface area contributed by atoms with Gasteiger partial charge in [-0.05, 0) is 43.6 Å². The van der Waals surface area contributed by atoms with Gasteiger partial charge in [0.15, 0.2) is 0 Å². The van der Waals surface area contributed by atoms with Crippen LogP contribution in [0.2, 0.25) is 0 Å². The smallest absolute Gasteiger partial charge is 0.323 e.